The van der Waals surface area contributed by atoms with Crippen molar-refractivity contribution in [1.29, 1.82) is 0 Å². The standard InChI is InChI=1S/C15H29N3S/c1-4-19-13-7-5-6-12(10-13)18-14(16-3)17-11-15(2)8-9-15/h12-13H,4-11H2,1-3H3,(H2,16,17,18). The van der Waals surface area contributed by atoms with E-state index >= 15 is 0 Å². The molecule has 0 spiro atoms. The topological polar surface area (TPSA) is 36.4 Å². The van der Waals surface area contributed by atoms with Gasteiger partial charge in [-0.15, -0.1) is 0 Å². The maximum absolute atomic E-state index is 4.37. The predicted molar refractivity (Wildman–Crippen MR) is 86.0 cm³/mol. The van der Waals surface area contributed by atoms with Gasteiger partial charge in [0.25, 0.3) is 0 Å². The Morgan fingerprint density at radius 3 is 2.79 bits per heavy atom. The molecule has 2 aliphatic rings. The van der Waals surface area contributed by atoms with Gasteiger partial charge in [0, 0.05) is 24.9 Å². The molecule has 110 valence electrons. The van der Waals surface area contributed by atoms with E-state index in [4.69, 9.17) is 0 Å². The number of nitrogens with zero attached hydrogens (tertiary/aromatic N) is 1. The number of nitrogens with one attached hydrogen (secondary N) is 2. The molecule has 0 aromatic rings. The number of thioether (sulfide) groups is 1. The van der Waals surface area contributed by atoms with Crippen LogP contribution in [-0.4, -0.2) is 36.6 Å². The van der Waals surface area contributed by atoms with Crippen LogP contribution in [0.2, 0.25) is 0 Å². The minimum absolute atomic E-state index is 0.533. The summed E-state index contributed by atoms with van der Waals surface area (Å²) in [5, 5.41) is 7.96. The highest BCUT2D eigenvalue weighted by molar-refractivity contribution is 7.99. The van der Waals surface area contributed by atoms with Crippen molar-refractivity contribution < 1.29 is 0 Å². The first-order valence-corrected chi connectivity index (χ1v) is 8.79. The van der Waals surface area contributed by atoms with Gasteiger partial charge in [-0.2, -0.15) is 11.8 Å². The lowest BCUT2D eigenvalue weighted by Crippen LogP contribution is -2.46. The van der Waals surface area contributed by atoms with Crippen molar-refractivity contribution >= 4 is 17.7 Å². The molecule has 0 aromatic heterocycles. The molecule has 0 heterocycles. The molecule has 2 aliphatic carbocycles. The molecule has 0 amide bonds. The molecule has 0 bridgehead atoms. The molecule has 2 rings (SSSR count). The Balaban J connectivity index is 1.74. The molecule has 0 aliphatic heterocycles. The summed E-state index contributed by atoms with van der Waals surface area (Å²) in [7, 11) is 1.88. The molecule has 2 N–H and O–H groups in total. The van der Waals surface area contributed by atoms with E-state index in [0.717, 1.165) is 17.8 Å². The van der Waals surface area contributed by atoms with Crippen molar-refractivity contribution in [3.05, 3.63) is 0 Å². The van der Waals surface area contributed by atoms with Gasteiger partial charge in [0.2, 0.25) is 0 Å². The van der Waals surface area contributed by atoms with Crippen molar-refractivity contribution in [3.63, 3.8) is 0 Å². The number of hydrogen-bond acceptors (Lipinski definition) is 2. The predicted octanol–water partition coefficient (Wildman–Crippen LogP) is 3.02. The summed E-state index contributed by atoms with van der Waals surface area (Å²) in [5.74, 6) is 2.24. The second-order valence-corrected chi connectivity index (χ2v) is 7.90. The van der Waals surface area contributed by atoms with E-state index in [1.807, 2.05) is 7.05 Å². The first kappa shape index (κ1) is 15.0. The van der Waals surface area contributed by atoms with Crippen LogP contribution >= 0.6 is 11.8 Å². The summed E-state index contributed by atoms with van der Waals surface area (Å²) in [5.41, 5.74) is 0.533. The summed E-state index contributed by atoms with van der Waals surface area (Å²) in [6, 6.07) is 0.607. The van der Waals surface area contributed by atoms with Crippen LogP contribution in [0.5, 0.6) is 0 Å². The summed E-state index contributed by atoms with van der Waals surface area (Å²) in [6.07, 6.45) is 8.03. The fourth-order valence-electron chi connectivity index (χ4n) is 2.74. The summed E-state index contributed by atoms with van der Waals surface area (Å²) in [4.78, 5) is 4.37. The second kappa shape index (κ2) is 6.87. The van der Waals surface area contributed by atoms with E-state index in [2.05, 4.69) is 41.2 Å². The number of hydrogen-bond donors (Lipinski definition) is 2. The van der Waals surface area contributed by atoms with Gasteiger partial charge in [0.15, 0.2) is 5.96 Å². The molecular formula is C15H29N3S. The van der Waals surface area contributed by atoms with E-state index in [1.54, 1.807) is 0 Å². The van der Waals surface area contributed by atoms with Gasteiger partial charge >= 0.3 is 0 Å². The minimum Gasteiger partial charge on any atom is -0.356 e. The molecular weight excluding hydrogens is 254 g/mol. The Morgan fingerprint density at radius 1 is 1.37 bits per heavy atom. The SMILES string of the molecule is CCSC1CCCC(NC(=NC)NCC2(C)CC2)C1. The van der Waals surface area contributed by atoms with E-state index in [1.165, 1.54) is 44.3 Å². The third kappa shape index (κ3) is 4.90. The minimum atomic E-state index is 0.533. The second-order valence-electron chi connectivity index (χ2n) is 6.32. The van der Waals surface area contributed by atoms with Gasteiger partial charge in [-0.25, -0.2) is 0 Å². The van der Waals surface area contributed by atoms with Crippen LogP contribution in [0.4, 0.5) is 0 Å². The van der Waals surface area contributed by atoms with Crippen molar-refractivity contribution in [2.45, 2.75) is 63.7 Å². The highest BCUT2D eigenvalue weighted by Crippen LogP contribution is 2.44. The Morgan fingerprint density at radius 2 is 2.16 bits per heavy atom. The zero-order valence-electron chi connectivity index (χ0n) is 12.7. The average Bonchev–Trinajstić information content (AvgIpc) is 3.14. The van der Waals surface area contributed by atoms with E-state index in [9.17, 15) is 0 Å². The van der Waals surface area contributed by atoms with E-state index in [0.29, 0.717) is 11.5 Å². The molecule has 2 saturated carbocycles. The Hall–Kier alpha value is -0.380. The number of guanidine groups is 1. The molecule has 2 atom stereocenters. The van der Waals surface area contributed by atoms with Crippen LogP contribution in [0.15, 0.2) is 4.99 Å². The summed E-state index contributed by atoms with van der Waals surface area (Å²) in [6.45, 7) is 5.67. The maximum Gasteiger partial charge on any atom is 0.191 e. The highest BCUT2D eigenvalue weighted by atomic mass is 32.2. The van der Waals surface area contributed by atoms with Crippen molar-refractivity contribution in [2.75, 3.05) is 19.3 Å². The molecule has 4 heteroatoms. The molecule has 0 radical (unpaired) electrons. The fraction of sp³-hybridized carbons (Fsp3) is 0.933. The van der Waals surface area contributed by atoms with Gasteiger partial charge in [-0.3, -0.25) is 4.99 Å². The smallest absolute Gasteiger partial charge is 0.191 e. The number of aliphatic imine (C=N–C) groups is 1. The first-order chi connectivity index (χ1) is 9.15. The van der Waals surface area contributed by atoms with Gasteiger partial charge in [-0.1, -0.05) is 20.3 Å². The lowest BCUT2D eigenvalue weighted by molar-refractivity contribution is 0.416. The zero-order chi connectivity index (χ0) is 13.7. The largest absolute Gasteiger partial charge is 0.356 e. The van der Waals surface area contributed by atoms with Crippen molar-refractivity contribution in [1.82, 2.24) is 10.6 Å². The monoisotopic (exact) mass is 283 g/mol. The van der Waals surface area contributed by atoms with Crippen LogP contribution in [0.1, 0.15) is 52.4 Å². The zero-order valence-corrected chi connectivity index (χ0v) is 13.5. The van der Waals surface area contributed by atoms with Gasteiger partial charge < -0.3 is 10.6 Å². The molecule has 0 saturated heterocycles. The van der Waals surface area contributed by atoms with E-state index in [-0.39, 0.29) is 0 Å². The lowest BCUT2D eigenvalue weighted by Gasteiger charge is -2.30. The summed E-state index contributed by atoms with van der Waals surface area (Å²) < 4.78 is 0. The third-order valence-electron chi connectivity index (χ3n) is 4.38. The molecule has 2 unspecified atom stereocenters. The van der Waals surface area contributed by atoms with Crippen LogP contribution in [0, 0.1) is 5.41 Å². The molecule has 3 nitrogen and oxygen atoms in total. The van der Waals surface area contributed by atoms with Gasteiger partial charge in [0.05, 0.1) is 0 Å². The molecule has 0 aromatic carbocycles. The van der Waals surface area contributed by atoms with Crippen LogP contribution < -0.4 is 10.6 Å². The maximum atomic E-state index is 4.37. The van der Waals surface area contributed by atoms with E-state index < -0.39 is 0 Å². The lowest BCUT2D eigenvalue weighted by atomic mass is 9.95. The van der Waals surface area contributed by atoms with Crippen LogP contribution in [0.3, 0.4) is 0 Å². The van der Waals surface area contributed by atoms with Crippen LogP contribution in [-0.2, 0) is 0 Å². The van der Waals surface area contributed by atoms with Crippen molar-refractivity contribution in [2.24, 2.45) is 10.4 Å². The van der Waals surface area contributed by atoms with Gasteiger partial charge in [-0.05, 0) is 43.3 Å². The Bertz CT molecular complexity index is 311. The first-order valence-electron chi connectivity index (χ1n) is 7.74. The number of rotatable bonds is 5. The average molecular weight is 283 g/mol. The third-order valence-corrected chi connectivity index (χ3v) is 5.61. The van der Waals surface area contributed by atoms with Crippen molar-refractivity contribution in [3.8, 4) is 0 Å². The quantitative estimate of drug-likeness (QED) is 0.601. The highest BCUT2D eigenvalue weighted by Gasteiger charge is 2.37. The molecule has 19 heavy (non-hydrogen) atoms. The van der Waals surface area contributed by atoms with Gasteiger partial charge in [0.1, 0.15) is 0 Å². The molecule has 2 fully saturated rings. The summed E-state index contributed by atoms with van der Waals surface area (Å²) >= 11 is 2.12. The van der Waals surface area contributed by atoms with Crippen LogP contribution in [0.25, 0.3) is 0 Å². The Kier molecular flexibility index (Phi) is 5.43. The fourth-order valence-corrected chi connectivity index (χ4v) is 3.91. The Labute approximate surface area is 122 Å². The normalized spacial score (nSPS) is 29.9.